The summed E-state index contributed by atoms with van der Waals surface area (Å²) >= 11 is 1.54. The van der Waals surface area contributed by atoms with Crippen molar-refractivity contribution in [3.8, 4) is 16.7 Å². The predicted octanol–water partition coefficient (Wildman–Crippen LogP) is 3.31. The number of nitrogens with zero attached hydrogens (tertiary/aromatic N) is 3. The molecule has 100 valence electrons. The molecule has 0 atom stereocenters. The van der Waals surface area contributed by atoms with E-state index in [9.17, 15) is 5.11 Å². The summed E-state index contributed by atoms with van der Waals surface area (Å²) in [4.78, 5) is 13.4. The highest BCUT2D eigenvalue weighted by atomic mass is 32.1. The first-order valence-corrected chi connectivity index (χ1v) is 7.57. The van der Waals surface area contributed by atoms with E-state index in [-0.39, 0.29) is 5.88 Å². The van der Waals surface area contributed by atoms with Crippen LogP contribution in [0.5, 0.6) is 5.88 Å². The maximum Gasteiger partial charge on any atom is 0.218 e. The number of hydrogen-bond donors (Lipinski definition) is 1. The van der Waals surface area contributed by atoms with Crippen molar-refractivity contribution in [3.63, 3.8) is 0 Å². The second-order valence-electron chi connectivity index (χ2n) is 5.24. The van der Waals surface area contributed by atoms with Crippen molar-refractivity contribution in [2.75, 3.05) is 0 Å². The molecule has 0 radical (unpaired) electrons. The maximum atomic E-state index is 10.0. The Morgan fingerprint density at radius 1 is 1.16 bits per heavy atom. The van der Waals surface area contributed by atoms with Gasteiger partial charge in [0, 0.05) is 10.9 Å². The van der Waals surface area contributed by atoms with Gasteiger partial charge in [0.2, 0.25) is 5.88 Å². The molecule has 0 spiro atoms. The van der Waals surface area contributed by atoms with Crippen LogP contribution in [0.15, 0.2) is 5.38 Å². The van der Waals surface area contributed by atoms with Gasteiger partial charge in [-0.1, -0.05) is 13.8 Å². The number of aromatic nitrogens is 3. The van der Waals surface area contributed by atoms with Crippen LogP contribution < -0.4 is 0 Å². The molecule has 4 nitrogen and oxygen atoms in total. The van der Waals surface area contributed by atoms with Gasteiger partial charge in [0.25, 0.3) is 0 Å². The summed E-state index contributed by atoms with van der Waals surface area (Å²) in [5.74, 6) is 1.10. The van der Waals surface area contributed by atoms with Crippen molar-refractivity contribution >= 4 is 11.3 Å². The van der Waals surface area contributed by atoms with Crippen LogP contribution in [0.25, 0.3) is 10.8 Å². The molecule has 2 heterocycles. The van der Waals surface area contributed by atoms with Crippen LogP contribution in [0.4, 0.5) is 0 Å². The van der Waals surface area contributed by atoms with Crippen LogP contribution in [0, 0.1) is 0 Å². The van der Waals surface area contributed by atoms with Gasteiger partial charge < -0.3 is 5.11 Å². The number of thiazole rings is 1. The van der Waals surface area contributed by atoms with E-state index in [4.69, 9.17) is 0 Å². The van der Waals surface area contributed by atoms with Crippen LogP contribution in [-0.4, -0.2) is 20.1 Å². The Hall–Kier alpha value is -1.49. The quantitative estimate of drug-likeness (QED) is 0.913. The van der Waals surface area contributed by atoms with Crippen molar-refractivity contribution in [1.29, 1.82) is 0 Å². The Labute approximate surface area is 116 Å². The lowest BCUT2D eigenvalue weighted by Crippen LogP contribution is -2.08. The highest BCUT2D eigenvalue weighted by Crippen LogP contribution is 2.30. The second-order valence-corrected chi connectivity index (χ2v) is 6.09. The lowest BCUT2D eigenvalue weighted by Gasteiger charge is -2.15. The fraction of sp³-hybridized carbons (Fsp3) is 0.500. The van der Waals surface area contributed by atoms with E-state index < -0.39 is 0 Å². The molecule has 1 aliphatic carbocycles. The second kappa shape index (κ2) is 4.89. The van der Waals surface area contributed by atoms with Crippen LogP contribution in [0.3, 0.4) is 0 Å². The Morgan fingerprint density at radius 2 is 1.95 bits per heavy atom. The molecule has 0 saturated heterocycles. The number of rotatable bonds is 2. The van der Waals surface area contributed by atoms with E-state index in [2.05, 4.69) is 28.8 Å². The number of hydrogen-bond acceptors (Lipinski definition) is 5. The van der Waals surface area contributed by atoms with Crippen molar-refractivity contribution in [2.24, 2.45) is 0 Å². The molecule has 2 aromatic rings. The first-order chi connectivity index (χ1) is 9.15. The highest BCUT2D eigenvalue weighted by Gasteiger charge is 2.19. The number of aromatic hydroxyl groups is 1. The van der Waals surface area contributed by atoms with Gasteiger partial charge in [-0.3, -0.25) is 0 Å². The standard InChI is InChI=1S/C14H17N3OS/c1-8(2)11-7-19-14(16-11)12-15-10-6-4-3-5-9(10)13(18)17-12/h7-8H,3-6H2,1-2H3,(H,15,17,18). The maximum absolute atomic E-state index is 10.0. The summed E-state index contributed by atoms with van der Waals surface area (Å²) in [6.07, 6.45) is 4.06. The molecular formula is C14H17N3OS. The summed E-state index contributed by atoms with van der Waals surface area (Å²) in [6.45, 7) is 4.23. The zero-order valence-corrected chi connectivity index (χ0v) is 12.0. The van der Waals surface area contributed by atoms with Crippen molar-refractivity contribution in [3.05, 3.63) is 22.3 Å². The Kier molecular flexibility index (Phi) is 3.22. The Morgan fingerprint density at radius 3 is 2.68 bits per heavy atom. The molecule has 0 bridgehead atoms. The van der Waals surface area contributed by atoms with Gasteiger partial charge in [-0.05, 0) is 31.6 Å². The summed E-state index contributed by atoms with van der Waals surface area (Å²) in [6, 6.07) is 0. The van der Waals surface area contributed by atoms with Crippen molar-refractivity contribution < 1.29 is 5.11 Å². The number of aryl methyl sites for hydroxylation is 1. The van der Waals surface area contributed by atoms with Gasteiger partial charge in [0.15, 0.2) is 10.8 Å². The minimum Gasteiger partial charge on any atom is -0.493 e. The third kappa shape index (κ3) is 2.34. The van der Waals surface area contributed by atoms with Crippen molar-refractivity contribution in [2.45, 2.75) is 45.4 Å². The first-order valence-electron chi connectivity index (χ1n) is 6.69. The smallest absolute Gasteiger partial charge is 0.218 e. The lowest BCUT2D eigenvalue weighted by atomic mass is 9.97. The molecule has 1 N–H and O–H groups in total. The van der Waals surface area contributed by atoms with Gasteiger partial charge in [-0.15, -0.1) is 11.3 Å². The van der Waals surface area contributed by atoms with Crippen LogP contribution in [0.1, 0.15) is 49.6 Å². The lowest BCUT2D eigenvalue weighted by molar-refractivity contribution is 0.437. The topological polar surface area (TPSA) is 58.9 Å². The van der Waals surface area contributed by atoms with E-state index in [1.165, 1.54) is 0 Å². The van der Waals surface area contributed by atoms with Gasteiger partial charge in [0.1, 0.15) is 0 Å². The molecule has 19 heavy (non-hydrogen) atoms. The predicted molar refractivity (Wildman–Crippen MR) is 75.5 cm³/mol. The largest absolute Gasteiger partial charge is 0.493 e. The molecule has 0 amide bonds. The minimum atomic E-state index is 0.140. The molecule has 0 aliphatic heterocycles. The van der Waals surface area contributed by atoms with Crippen LogP contribution >= 0.6 is 11.3 Å². The van der Waals surface area contributed by atoms with E-state index in [0.717, 1.165) is 47.6 Å². The third-order valence-electron chi connectivity index (χ3n) is 3.47. The van der Waals surface area contributed by atoms with Crippen LogP contribution in [-0.2, 0) is 12.8 Å². The van der Waals surface area contributed by atoms with Gasteiger partial charge in [-0.2, -0.15) is 4.98 Å². The van der Waals surface area contributed by atoms with Crippen LogP contribution in [0.2, 0.25) is 0 Å². The van der Waals surface area contributed by atoms with Gasteiger partial charge in [-0.25, -0.2) is 9.97 Å². The molecule has 0 fully saturated rings. The fourth-order valence-corrected chi connectivity index (χ4v) is 3.24. The van der Waals surface area contributed by atoms with Crippen molar-refractivity contribution in [1.82, 2.24) is 15.0 Å². The SMILES string of the molecule is CC(C)c1csc(-c2nc(O)c3c(n2)CCCC3)n1. The summed E-state index contributed by atoms with van der Waals surface area (Å²) in [5.41, 5.74) is 2.98. The Balaban J connectivity index is 2.02. The van der Waals surface area contributed by atoms with E-state index in [0.29, 0.717) is 11.7 Å². The van der Waals surface area contributed by atoms with Gasteiger partial charge >= 0.3 is 0 Å². The average Bonchev–Trinajstić information content (AvgIpc) is 2.88. The highest BCUT2D eigenvalue weighted by molar-refractivity contribution is 7.13. The molecule has 3 rings (SSSR count). The van der Waals surface area contributed by atoms with E-state index in [1.807, 2.05) is 5.38 Å². The molecule has 0 aromatic carbocycles. The molecular weight excluding hydrogens is 258 g/mol. The number of fused-ring (bicyclic) bond motifs is 1. The summed E-state index contributed by atoms with van der Waals surface area (Å²) < 4.78 is 0. The molecule has 0 saturated carbocycles. The zero-order valence-electron chi connectivity index (χ0n) is 11.2. The molecule has 0 unspecified atom stereocenters. The zero-order chi connectivity index (χ0) is 13.4. The fourth-order valence-electron chi connectivity index (χ4n) is 2.32. The third-order valence-corrected chi connectivity index (χ3v) is 4.32. The first kappa shape index (κ1) is 12.5. The summed E-state index contributed by atoms with van der Waals surface area (Å²) in [7, 11) is 0. The van der Waals surface area contributed by atoms with E-state index in [1.54, 1.807) is 11.3 Å². The average molecular weight is 275 g/mol. The minimum absolute atomic E-state index is 0.140. The van der Waals surface area contributed by atoms with E-state index >= 15 is 0 Å². The monoisotopic (exact) mass is 275 g/mol. The summed E-state index contributed by atoms with van der Waals surface area (Å²) in [5, 5.41) is 12.9. The van der Waals surface area contributed by atoms with Gasteiger partial charge in [0.05, 0.1) is 11.4 Å². The molecule has 2 aromatic heterocycles. The Bertz CT molecular complexity index is 607. The normalized spacial score (nSPS) is 14.7. The molecule has 5 heteroatoms. The molecule has 1 aliphatic rings.